The highest BCUT2D eigenvalue weighted by Gasteiger charge is 2.22. The van der Waals surface area contributed by atoms with Gasteiger partial charge in [0, 0.05) is 18.1 Å². The molecule has 1 atom stereocenters. The molecule has 102 valence electrons. The normalized spacial score (nSPS) is 18.2. The highest BCUT2D eigenvalue weighted by molar-refractivity contribution is 6.30. The van der Waals surface area contributed by atoms with Crippen molar-refractivity contribution in [2.45, 2.75) is 19.1 Å². The Bertz CT molecular complexity index is 450. The van der Waals surface area contributed by atoms with Crippen molar-refractivity contribution in [3.05, 3.63) is 34.9 Å². The first-order valence-corrected chi connectivity index (χ1v) is 6.42. The van der Waals surface area contributed by atoms with Crippen LogP contribution in [-0.2, 0) is 16.1 Å². The van der Waals surface area contributed by atoms with Crippen LogP contribution in [0, 0.1) is 0 Å². The summed E-state index contributed by atoms with van der Waals surface area (Å²) in [6, 6.07) is 7.08. The van der Waals surface area contributed by atoms with Gasteiger partial charge in [-0.05, 0) is 24.1 Å². The Balaban J connectivity index is 1.73. The highest BCUT2D eigenvalue weighted by atomic mass is 35.5. The standard InChI is InChI=1S/C13H15ClN2O3/c14-11-3-1-10(2-4-11)8-19-13(18)15-12-5-6-16(7-12)9-17/h1-4,9,12H,5-8H2,(H,15,18). The number of benzene rings is 1. The second kappa shape index (κ2) is 6.43. The van der Waals surface area contributed by atoms with Crippen LogP contribution in [0.2, 0.25) is 5.02 Å². The summed E-state index contributed by atoms with van der Waals surface area (Å²) in [6.45, 7) is 1.41. The van der Waals surface area contributed by atoms with Crippen molar-refractivity contribution >= 4 is 24.1 Å². The summed E-state index contributed by atoms with van der Waals surface area (Å²) in [6.07, 6.45) is 1.09. The van der Waals surface area contributed by atoms with Crippen molar-refractivity contribution in [1.29, 1.82) is 0 Å². The smallest absolute Gasteiger partial charge is 0.407 e. The number of likely N-dealkylation sites (tertiary alicyclic amines) is 1. The number of rotatable bonds is 4. The van der Waals surface area contributed by atoms with Crippen LogP contribution in [0.4, 0.5) is 4.79 Å². The van der Waals surface area contributed by atoms with E-state index in [2.05, 4.69) is 5.32 Å². The summed E-state index contributed by atoms with van der Waals surface area (Å²) in [5, 5.41) is 3.38. The number of alkyl carbamates (subject to hydrolysis) is 1. The first-order chi connectivity index (χ1) is 9.17. The van der Waals surface area contributed by atoms with Crippen molar-refractivity contribution in [3.63, 3.8) is 0 Å². The first kappa shape index (κ1) is 13.7. The van der Waals surface area contributed by atoms with E-state index in [9.17, 15) is 9.59 Å². The Morgan fingerprint density at radius 3 is 2.84 bits per heavy atom. The molecule has 2 rings (SSSR count). The van der Waals surface area contributed by atoms with E-state index in [-0.39, 0.29) is 12.6 Å². The minimum Gasteiger partial charge on any atom is -0.445 e. The zero-order valence-corrected chi connectivity index (χ0v) is 11.1. The molecule has 1 saturated heterocycles. The molecule has 0 aliphatic carbocycles. The predicted octanol–water partition coefficient (Wildman–Crippen LogP) is 1.80. The van der Waals surface area contributed by atoms with Crippen LogP contribution in [0.25, 0.3) is 0 Å². The van der Waals surface area contributed by atoms with E-state index in [1.54, 1.807) is 29.2 Å². The predicted molar refractivity (Wildman–Crippen MR) is 70.8 cm³/mol. The molecule has 0 saturated carbocycles. The highest BCUT2D eigenvalue weighted by Crippen LogP contribution is 2.11. The summed E-state index contributed by atoms with van der Waals surface area (Å²) in [4.78, 5) is 23.7. The van der Waals surface area contributed by atoms with Gasteiger partial charge < -0.3 is 15.0 Å². The molecule has 1 aromatic carbocycles. The Kier molecular flexibility index (Phi) is 4.63. The van der Waals surface area contributed by atoms with Crippen molar-refractivity contribution in [1.82, 2.24) is 10.2 Å². The quantitative estimate of drug-likeness (QED) is 0.857. The third-order valence-electron chi connectivity index (χ3n) is 2.97. The summed E-state index contributed by atoms with van der Waals surface area (Å²) < 4.78 is 5.10. The first-order valence-electron chi connectivity index (χ1n) is 6.04. The van der Waals surface area contributed by atoms with E-state index >= 15 is 0 Å². The number of amides is 2. The van der Waals surface area contributed by atoms with E-state index in [1.807, 2.05) is 0 Å². The Labute approximate surface area is 116 Å². The molecule has 0 aromatic heterocycles. The number of nitrogens with one attached hydrogen (secondary N) is 1. The number of carbonyl (C=O) groups is 2. The summed E-state index contributed by atoms with van der Waals surface area (Å²) >= 11 is 5.76. The fraction of sp³-hybridized carbons (Fsp3) is 0.385. The largest absolute Gasteiger partial charge is 0.445 e. The maximum Gasteiger partial charge on any atom is 0.407 e. The van der Waals surface area contributed by atoms with Crippen molar-refractivity contribution in [2.24, 2.45) is 0 Å². The van der Waals surface area contributed by atoms with Crippen LogP contribution in [0.1, 0.15) is 12.0 Å². The molecule has 0 bridgehead atoms. The Morgan fingerprint density at radius 1 is 1.47 bits per heavy atom. The third-order valence-corrected chi connectivity index (χ3v) is 3.23. The van der Waals surface area contributed by atoms with Crippen LogP contribution in [0.15, 0.2) is 24.3 Å². The molecule has 1 aliphatic rings. The monoisotopic (exact) mass is 282 g/mol. The van der Waals surface area contributed by atoms with Crippen LogP contribution >= 0.6 is 11.6 Å². The molecular weight excluding hydrogens is 268 g/mol. The number of carbonyl (C=O) groups excluding carboxylic acids is 2. The van der Waals surface area contributed by atoms with Gasteiger partial charge in [0.05, 0.1) is 6.04 Å². The van der Waals surface area contributed by atoms with Gasteiger partial charge in [0.1, 0.15) is 6.61 Å². The molecule has 1 aromatic rings. The summed E-state index contributed by atoms with van der Waals surface area (Å²) in [7, 11) is 0. The van der Waals surface area contributed by atoms with Crippen LogP contribution in [0.3, 0.4) is 0 Å². The molecule has 1 fully saturated rings. The molecular formula is C13H15ClN2O3. The fourth-order valence-corrected chi connectivity index (χ4v) is 2.06. The Morgan fingerprint density at radius 2 is 2.21 bits per heavy atom. The lowest BCUT2D eigenvalue weighted by atomic mass is 10.2. The molecule has 2 amide bonds. The lowest BCUT2D eigenvalue weighted by Gasteiger charge is -2.13. The average molecular weight is 283 g/mol. The average Bonchev–Trinajstić information content (AvgIpc) is 2.86. The Hall–Kier alpha value is -1.75. The molecule has 1 heterocycles. The maximum absolute atomic E-state index is 11.6. The third kappa shape index (κ3) is 4.13. The molecule has 5 nitrogen and oxygen atoms in total. The number of hydrogen-bond acceptors (Lipinski definition) is 3. The molecule has 0 radical (unpaired) electrons. The van der Waals surface area contributed by atoms with Crippen molar-refractivity contribution < 1.29 is 14.3 Å². The molecule has 6 heteroatoms. The maximum atomic E-state index is 11.6. The molecule has 1 aliphatic heterocycles. The summed E-state index contributed by atoms with van der Waals surface area (Å²) in [5.41, 5.74) is 0.875. The van der Waals surface area contributed by atoms with Gasteiger partial charge in [0.25, 0.3) is 0 Å². The van der Waals surface area contributed by atoms with Crippen LogP contribution in [0.5, 0.6) is 0 Å². The van der Waals surface area contributed by atoms with Gasteiger partial charge in [0.2, 0.25) is 6.41 Å². The minimum absolute atomic E-state index is 0.0251. The van der Waals surface area contributed by atoms with Gasteiger partial charge in [-0.25, -0.2) is 4.79 Å². The number of ether oxygens (including phenoxy) is 1. The molecule has 0 spiro atoms. The second-order valence-electron chi connectivity index (χ2n) is 4.43. The zero-order chi connectivity index (χ0) is 13.7. The molecule has 1 unspecified atom stereocenters. The topological polar surface area (TPSA) is 58.6 Å². The van der Waals surface area contributed by atoms with Gasteiger partial charge in [-0.15, -0.1) is 0 Å². The van der Waals surface area contributed by atoms with Crippen molar-refractivity contribution in [2.75, 3.05) is 13.1 Å². The molecule has 1 N–H and O–H groups in total. The van der Waals surface area contributed by atoms with Gasteiger partial charge >= 0.3 is 6.09 Å². The van der Waals surface area contributed by atoms with Gasteiger partial charge in [-0.3, -0.25) is 4.79 Å². The second-order valence-corrected chi connectivity index (χ2v) is 4.87. The van der Waals surface area contributed by atoms with Gasteiger partial charge in [-0.1, -0.05) is 23.7 Å². The van der Waals surface area contributed by atoms with Crippen LogP contribution in [-0.4, -0.2) is 36.5 Å². The minimum atomic E-state index is -0.465. The number of hydrogen-bond donors (Lipinski definition) is 1. The summed E-state index contributed by atoms with van der Waals surface area (Å²) in [5.74, 6) is 0. The number of halogens is 1. The van der Waals surface area contributed by atoms with E-state index in [4.69, 9.17) is 16.3 Å². The SMILES string of the molecule is O=CN1CCC(NC(=O)OCc2ccc(Cl)cc2)C1. The van der Waals surface area contributed by atoms with E-state index in [0.717, 1.165) is 18.4 Å². The van der Waals surface area contributed by atoms with E-state index in [1.165, 1.54) is 0 Å². The fourth-order valence-electron chi connectivity index (χ4n) is 1.94. The molecule has 19 heavy (non-hydrogen) atoms. The van der Waals surface area contributed by atoms with Crippen molar-refractivity contribution in [3.8, 4) is 0 Å². The van der Waals surface area contributed by atoms with Crippen LogP contribution < -0.4 is 5.32 Å². The lowest BCUT2D eigenvalue weighted by molar-refractivity contribution is -0.117. The van der Waals surface area contributed by atoms with Gasteiger partial charge in [-0.2, -0.15) is 0 Å². The van der Waals surface area contributed by atoms with Gasteiger partial charge in [0.15, 0.2) is 0 Å². The van der Waals surface area contributed by atoms with E-state index < -0.39 is 6.09 Å². The number of nitrogens with zero attached hydrogens (tertiary/aromatic N) is 1. The van der Waals surface area contributed by atoms with E-state index in [0.29, 0.717) is 18.1 Å². The lowest BCUT2D eigenvalue weighted by Crippen LogP contribution is -2.37. The zero-order valence-electron chi connectivity index (χ0n) is 10.3.